The monoisotopic (exact) mass is 386 g/mol. The van der Waals surface area contributed by atoms with Gasteiger partial charge >= 0.3 is 0 Å². The lowest BCUT2D eigenvalue weighted by molar-refractivity contribution is -0.131. The Balaban J connectivity index is 1.52. The maximum Gasteiger partial charge on any atom is 0.254 e. The minimum atomic E-state index is 0.0644. The number of methoxy groups -OCH3 is 1. The van der Waals surface area contributed by atoms with Crippen molar-refractivity contribution in [1.82, 2.24) is 24.5 Å². The zero-order chi connectivity index (χ0) is 18.8. The van der Waals surface area contributed by atoms with Gasteiger partial charge in [0.15, 0.2) is 0 Å². The van der Waals surface area contributed by atoms with Gasteiger partial charge in [0.05, 0.1) is 18.8 Å². The number of hydrogen-bond donors (Lipinski definition) is 0. The van der Waals surface area contributed by atoms with E-state index >= 15 is 0 Å². The standard InChI is InChI=1S/C18H19ClN6O2/c1-27-11-15-8-16(25-18(22-15)20-12-21-25)23-6-7-24(17(26)10-23)9-13-2-4-14(19)5-3-13/h2-5,8,12H,6-7,9-11H2,1H3. The molecule has 0 unspecified atom stereocenters. The molecule has 0 saturated carbocycles. The second-order valence-corrected chi connectivity index (χ2v) is 6.81. The smallest absolute Gasteiger partial charge is 0.254 e. The molecule has 140 valence electrons. The van der Waals surface area contributed by atoms with E-state index in [4.69, 9.17) is 16.3 Å². The zero-order valence-corrected chi connectivity index (χ0v) is 15.6. The molecular weight excluding hydrogens is 368 g/mol. The van der Waals surface area contributed by atoms with Crippen LogP contribution in [0.25, 0.3) is 5.78 Å². The van der Waals surface area contributed by atoms with E-state index in [1.165, 1.54) is 6.33 Å². The summed E-state index contributed by atoms with van der Waals surface area (Å²) in [4.78, 5) is 25.1. The van der Waals surface area contributed by atoms with Gasteiger partial charge < -0.3 is 14.5 Å². The molecule has 0 N–H and O–H groups in total. The molecule has 0 radical (unpaired) electrons. The number of piperazine rings is 1. The van der Waals surface area contributed by atoms with Crippen molar-refractivity contribution in [2.24, 2.45) is 0 Å². The van der Waals surface area contributed by atoms with E-state index in [-0.39, 0.29) is 12.5 Å². The molecule has 8 nitrogen and oxygen atoms in total. The number of aromatic nitrogens is 4. The second-order valence-electron chi connectivity index (χ2n) is 6.37. The third-order valence-electron chi connectivity index (χ3n) is 4.51. The molecule has 0 aliphatic carbocycles. The number of amides is 1. The SMILES string of the molecule is COCc1cc(N2CCN(Cc3ccc(Cl)cc3)C(=O)C2)n2ncnc2n1. The van der Waals surface area contributed by atoms with Crippen molar-refractivity contribution in [3.63, 3.8) is 0 Å². The normalized spacial score (nSPS) is 15.0. The fourth-order valence-electron chi connectivity index (χ4n) is 3.17. The number of fused-ring (bicyclic) bond motifs is 1. The van der Waals surface area contributed by atoms with Crippen LogP contribution in [0.5, 0.6) is 0 Å². The summed E-state index contributed by atoms with van der Waals surface area (Å²) in [6, 6.07) is 9.47. The average Bonchev–Trinajstić information content (AvgIpc) is 3.13. The Hall–Kier alpha value is -2.71. The second kappa shape index (κ2) is 7.50. The molecule has 27 heavy (non-hydrogen) atoms. The first-order chi connectivity index (χ1) is 13.1. The lowest BCUT2D eigenvalue weighted by Gasteiger charge is -2.35. The van der Waals surface area contributed by atoms with Crippen LogP contribution in [0.3, 0.4) is 0 Å². The van der Waals surface area contributed by atoms with E-state index in [9.17, 15) is 4.79 Å². The van der Waals surface area contributed by atoms with Gasteiger partial charge in [-0.05, 0) is 17.7 Å². The number of rotatable bonds is 5. The van der Waals surface area contributed by atoms with E-state index in [0.717, 1.165) is 17.1 Å². The van der Waals surface area contributed by atoms with E-state index in [2.05, 4.69) is 15.1 Å². The van der Waals surface area contributed by atoms with Gasteiger partial charge in [-0.1, -0.05) is 23.7 Å². The molecule has 1 amide bonds. The lowest BCUT2D eigenvalue weighted by atomic mass is 10.2. The van der Waals surface area contributed by atoms with Crippen molar-refractivity contribution in [2.45, 2.75) is 13.2 Å². The molecule has 0 spiro atoms. The molecule has 4 rings (SSSR count). The highest BCUT2D eigenvalue weighted by atomic mass is 35.5. The Morgan fingerprint density at radius 1 is 1.22 bits per heavy atom. The van der Waals surface area contributed by atoms with Gasteiger partial charge in [0.25, 0.3) is 5.78 Å². The van der Waals surface area contributed by atoms with Gasteiger partial charge in [-0.2, -0.15) is 14.6 Å². The predicted molar refractivity (Wildman–Crippen MR) is 101 cm³/mol. The van der Waals surface area contributed by atoms with E-state index in [0.29, 0.717) is 37.0 Å². The Bertz CT molecular complexity index is 958. The largest absolute Gasteiger partial charge is 0.378 e. The summed E-state index contributed by atoms with van der Waals surface area (Å²) < 4.78 is 6.84. The number of benzene rings is 1. The van der Waals surface area contributed by atoms with Crippen LogP contribution in [0, 0.1) is 0 Å². The minimum absolute atomic E-state index is 0.0644. The molecule has 9 heteroatoms. The molecule has 0 bridgehead atoms. The molecule has 0 atom stereocenters. The molecule has 1 aliphatic rings. The average molecular weight is 387 g/mol. The van der Waals surface area contributed by atoms with Crippen LogP contribution < -0.4 is 4.90 Å². The highest BCUT2D eigenvalue weighted by molar-refractivity contribution is 6.30. The summed E-state index contributed by atoms with van der Waals surface area (Å²) in [7, 11) is 1.62. The van der Waals surface area contributed by atoms with Crippen LogP contribution in [0.4, 0.5) is 5.82 Å². The molecule has 2 aromatic heterocycles. The van der Waals surface area contributed by atoms with Crippen molar-refractivity contribution in [3.05, 3.63) is 52.9 Å². The fraction of sp³-hybridized carbons (Fsp3) is 0.333. The number of anilines is 1. The third kappa shape index (κ3) is 3.72. The molecule has 1 aromatic carbocycles. The van der Waals surface area contributed by atoms with Gasteiger partial charge in [-0.25, -0.2) is 4.98 Å². The van der Waals surface area contributed by atoms with Gasteiger partial charge in [-0.15, -0.1) is 0 Å². The van der Waals surface area contributed by atoms with Crippen LogP contribution in [-0.2, 0) is 22.7 Å². The number of carbonyl (C=O) groups excluding carboxylic acids is 1. The van der Waals surface area contributed by atoms with Gasteiger partial charge in [0, 0.05) is 37.8 Å². The molecule has 3 heterocycles. The minimum Gasteiger partial charge on any atom is -0.378 e. The molecule has 1 saturated heterocycles. The summed E-state index contributed by atoms with van der Waals surface area (Å²) in [6.07, 6.45) is 1.46. The van der Waals surface area contributed by atoms with Gasteiger partial charge in [-0.3, -0.25) is 4.79 Å². The Morgan fingerprint density at radius 2 is 2.04 bits per heavy atom. The van der Waals surface area contributed by atoms with Crippen molar-refractivity contribution < 1.29 is 9.53 Å². The Kier molecular flexibility index (Phi) is 4.91. The topological polar surface area (TPSA) is 75.9 Å². The summed E-state index contributed by atoms with van der Waals surface area (Å²) in [5, 5.41) is 4.93. The number of nitrogens with zero attached hydrogens (tertiary/aromatic N) is 6. The van der Waals surface area contributed by atoms with E-state index in [1.54, 1.807) is 11.6 Å². The maximum atomic E-state index is 12.7. The van der Waals surface area contributed by atoms with Gasteiger partial charge in [0.2, 0.25) is 5.91 Å². The first-order valence-electron chi connectivity index (χ1n) is 8.60. The number of carbonyl (C=O) groups is 1. The summed E-state index contributed by atoms with van der Waals surface area (Å²) >= 11 is 5.93. The lowest BCUT2D eigenvalue weighted by Crippen LogP contribution is -2.50. The van der Waals surface area contributed by atoms with Crippen molar-refractivity contribution in [1.29, 1.82) is 0 Å². The predicted octanol–water partition coefficient (Wildman–Crippen LogP) is 1.77. The van der Waals surface area contributed by atoms with Crippen molar-refractivity contribution >= 4 is 29.1 Å². The number of ether oxygens (including phenoxy) is 1. The summed E-state index contributed by atoms with van der Waals surface area (Å²) in [5.74, 6) is 1.36. The number of halogens is 1. The first kappa shape index (κ1) is 17.7. The fourth-order valence-corrected chi connectivity index (χ4v) is 3.30. The van der Waals surface area contributed by atoms with E-state index in [1.807, 2.05) is 40.1 Å². The summed E-state index contributed by atoms with van der Waals surface area (Å²) in [5.41, 5.74) is 1.82. The van der Waals surface area contributed by atoms with Crippen LogP contribution >= 0.6 is 11.6 Å². The number of hydrogen-bond acceptors (Lipinski definition) is 6. The third-order valence-corrected chi connectivity index (χ3v) is 4.76. The van der Waals surface area contributed by atoms with Crippen LogP contribution in [0.1, 0.15) is 11.3 Å². The van der Waals surface area contributed by atoms with Crippen LogP contribution in [0.15, 0.2) is 36.7 Å². The van der Waals surface area contributed by atoms with Crippen LogP contribution in [-0.4, -0.2) is 57.1 Å². The van der Waals surface area contributed by atoms with Crippen molar-refractivity contribution in [2.75, 3.05) is 31.6 Å². The van der Waals surface area contributed by atoms with Crippen LogP contribution in [0.2, 0.25) is 5.02 Å². The quantitative estimate of drug-likeness (QED) is 0.665. The maximum absolute atomic E-state index is 12.7. The highest BCUT2D eigenvalue weighted by Gasteiger charge is 2.26. The zero-order valence-electron chi connectivity index (χ0n) is 14.9. The van der Waals surface area contributed by atoms with Crippen molar-refractivity contribution in [3.8, 4) is 0 Å². The molecule has 1 aliphatic heterocycles. The Morgan fingerprint density at radius 3 is 2.78 bits per heavy atom. The first-order valence-corrected chi connectivity index (χ1v) is 8.97. The molecule has 3 aromatic rings. The molecular formula is C18H19ClN6O2. The Labute approximate surface area is 161 Å². The van der Waals surface area contributed by atoms with Gasteiger partial charge in [0.1, 0.15) is 12.1 Å². The molecule has 1 fully saturated rings. The highest BCUT2D eigenvalue weighted by Crippen LogP contribution is 2.20. The summed E-state index contributed by atoms with van der Waals surface area (Å²) in [6.45, 7) is 2.55. The van der Waals surface area contributed by atoms with E-state index < -0.39 is 0 Å².